The fourth-order valence-corrected chi connectivity index (χ4v) is 2.04. The quantitative estimate of drug-likeness (QED) is 0.449. The number of nitrogens with two attached hydrogens (primary N) is 1. The lowest BCUT2D eigenvalue weighted by Crippen LogP contribution is -2.31. The normalized spacial score (nSPS) is 26.8. The monoisotopic (exact) mass is 227 g/mol. The van der Waals surface area contributed by atoms with E-state index < -0.39 is 0 Å². The van der Waals surface area contributed by atoms with Gasteiger partial charge < -0.3 is 15.4 Å². The van der Waals surface area contributed by atoms with Gasteiger partial charge in [-0.25, -0.2) is 0 Å². The molecule has 4 nitrogen and oxygen atoms in total. The van der Waals surface area contributed by atoms with Crippen LogP contribution in [0.4, 0.5) is 0 Å². The molecule has 0 aromatic heterocycles. The second-order valence-electron chi connectivity index (χ2n) is 4.81. The molecular weight excluding hydrogens is 202 g/mol. The Bertz CT molecular complexity index is 228. The van der Waals surface area contributed by atoms with Crippen LogP contribution in [-0.2, 0) is 4.74 Å². The molecule has 2 atom stereocenters. The Balaban J connectivity index is 2.17. The third-order valence-electron chi connectivity index (χ3n) is 3.19. The van der Waals surface area contributed by atoms with Crippen molar-refractivity contribution in [3.05, 3.63) is 0 Å². The van der Waals surface area contributed by atoms with Gasteiger partial charge in [-0.2, -0.15) is 0 Å². The minimum Gasteiger partial charge on any atom is -0.376 e. The van der Waals surface area contributed by atoms with Crippen LogP contribution in [-0.4, -0.2) is 44.2 Å². The first-order valence-electron chi connectivity index (χ1n) is 6.20. The van der Waals surface area contributed by atoms with E-state index in [9.17, 15) is 0 Å². The summed E-state index contributed by atoms with van der Waals surface area (Å²) in [6, 6.07) is 0. The standard InChI is InChI=1S/C12H25N3O/c1-10-6-4-5-7-11(10)16-9-8-14-12(13)15(2)3/h10-11H,4-9H2,1-3H3,(H2,13,14)/t10-,11-/m0/s1. The van der Waals surface area contributed by atoms with E-state index in [4.69, 9.17) is 10.5 Å². The van der Waals surface area contributed by atoms with Crippen molar-refractivity contribution < 1.29 is 4.74 Å². The van der Waals surface area contributed by atoms with Gasteiger partial charge in [-0.05, 0) is 18.8 Å². The summed E-state index contributed by atoms with van der Waals surface area (Å²) in [6.07, 6.45) is 5.59. The van der Waals surface area contributed by atoms with Crippen molar-refractivity contribution in [1.82, 2.24) is 4.90 Å². The summed E-state index contributed by atoms with van der Waals surface area (Å²) in [4.78, 5) is 6.04. The first kappa shape index (κ1) is 13.3. The molecule has 94 valence electrons. The van der Waals surface area contributed by atoms with Crippen molar-refractivity contribution in [2.75, 3.05) is 27.2 Å². The number of rotatable bonds is 4. The van der Waals surface area contributed by atoms with Crippen LogP contribution in [0.1, 0.15) is 32.6 Å². The van der Waals surface area contributed by atoms with E-state index in [2.05, 4.69) is 11.9 Å². The van der Waals surface area contributed by atoms with Crippen LogP contribution in [0.25, 0.3) is 0 Å². The van der Waals surface area contributed by atoms with Gasteiger partial charge >= 0.3 is 0 Å². The Morgan fingerprint density at radius 2 is 2.06 bits per heavy atom. The van der Waals surface area contributed by atoms with Gasteiger partial charge in [0.2, 0.25) is 0 Å². The average molecular weight is 227 g/mol. The summed E-state index contributed by atoms with van der Waals surface area (Å²) in [6.45, 7) is 3.62. The molecule has 2 N–H and O–H groups in total. The Kier molecular flexibility index (Phi) is 5.60. The fraction of sp³-hybridized carbons (Fsp3) is 0.917. The van der Waals surface area contributed by atoms with Gasteiger partial charge in [0.05, 0.1) is 19.3 Å². The minimum absolute atomic E-state index is 0.435. The lowest BCUT2D eigenvalue weighted by atomic mass is 9.88. The molecule has 16 heavy (non-hydrogen) atoms. The Morgan fingerprint density at radius 1 is 1.38 bits per heavy atom. The van der Waals surface area contributed by atoms with E-state index in [0.29, 0.717) is 31.1 Å². The highest BCUT2D eigenvalue weighted by molar-refractivity contribution is 5.77. The van der Waals surface area contributed by atoms with Crippen LogP contribution < -0.4 is 5.73 Å². The highest BCUT2D eigenvalue weighted by Crippen LogP contribution is 2.25. The van der Waals surface area contributed by atoms with Gasteiger partial charge in [0, 0.05) is 14.1 Å². The molecule has 1 aliphatic rings. The van der Waals surface area contributed by atoms with Crippen molar-refractivity contribution >= 4 is 5.96 Å². The van der Waals surface area contributed by atoms with Crippen LogP contribution in [0.5, 0.6) is 0 Å². The topological polar surface area (TPSA) is 50.9 Å². The molecule has 1 aliphatic carbocycles. The second-order valence-corrected chi connectivity index (χ2v) is 4.81. The van der Waals surface area contributed by atoms with Crippen molar-refractivity contribution in [3.63, 3.8) is 0 Å². The summed E-state index contributed by atoms with van der Waals surface area (Å²) < 4.78 is 5.84. The SMILES string of the molecule is C[C@H]1CCCC[C@@H]1OCCN=C(N)N(C)C. The molecule has 0 aromatic rings. The summed E-state index contributed by atoms with van der Waals surface area (Å²) in [7, 11) is 3.78. The molecule has 0 aliphatic heterocycles. The van der Waals surface area contributed by atoms with E-state index in [-0.39, 0.29) is 0 Å². The van der Waals surface area contributed by atoms with E-state index in [0.717, 1.165) is 0 Å². The van der Waals surface area contributed by atoms with Crippen LogP contribution in [0.3, 0.4) is 0 Å². The molecule has 0 saturated heterocycles. The third-order valence-corrected chi connectivity index (χ3v) is 3.19. The molecule has 0 spiro atoms. The van der Waals surface area contributed by atoms with Crippen LogP contribution in [0.15, 0.2) is 4.99 Å². The molecule has 1 fully saturated rings. The van der Waals surface area contributed by atoms with E-state index >= 15 is 0 Å². The molecule has 0 bridgehead atoms. The molecule has 0 heterocycles. The van der Waals surface area contributed by atoms with Crippen molar-refractivity contribution in [1.29, 1.82) is 0 Å². The van der Waals surface area contributed by atoms with Crippen LogP contribution in [0.2, 0.25) is 0 Å². The lowest BCUT2D eigenvalue weighted by molar-refractivity contribution is -0.000686. The lowest BCUT2D eigenvalue weighted by Gasteiger charge is -2.28. The number of hydrogen-bond donors (Lipinski definition) is 1. The summed E-state index contributed by atoms with van der Waals surface area (Å²) >= 11 is 0. The smallest absolute Gasteiger partial charge is 0.190 e. The fourth-order valence-electron chi connectivity index (χ4n) is 2.04. The van der Waals surface area contributed by atoms with Crippen LogP contribution >= 0.6 is 0 Å². The molecule has 0 radical (unpaired) electrons. The number of nitrogens with zero attached hydrogens (tertiary/aromatic N) is 2. The molecule has 4 heteroatoms. The first-order chi connectivity index (χ1) is 7.61. The number of guanidine groups is 1. The maximum absolute atomic E-state index is 5.84. The summed E-state index contributed by atoms with van der Waals surface area (Å²) in [5.41, 5.74) is 5.68. The largest absolute Gasteiger partial charge is 0.376 e. The van der Waals surface area contributed by atoms with Gasteiger partial charge in [-0.15, -0.1) is 0 Å². The zero-order chi connectivity index (χ0) is 12.0. The van der Waals surface area contributed by atoms with E-state index in [1.807, 2.05) is 19.0 Å². The number of hydrogen-bond acceptors (Lipinski definition) is 2. The van der Waals surface area contributed by atoms with Gasteiger partial charge in [0.15, 0.2) is 5.96 Å². The molecule has 0 amide bonds. The van der Waals surface area contributed by atoms with Crippen molar-refractivity contribution in [3.8, 4) is 0 Å². The Hall–Kier alpha value is -0.770. The second kappa shape index (κ2) is 6.74. The number of aliphatic imine (C=N–C) groups is 1. The zero-order valence-corrected chi connectivity index (χ0v) is 10.8. The van der Waals surface area contributed by atoms with Crippen molar-refractivity contribution in [2.45, 2.75) is 38.7 Å². The summed E-state index contributed by atoms with van der Waals surface area (Å²) in [5.74, 6) is 1.27. The Labute approximate surface area is 98.9 Å². The maximum atomic E-state index is 5.84. The number of ether oxygens (including phenoxy) is 1. The van der Waals surface area contributed by atoms with Gasteiger partial charge in [0.25, 0.3) is 0 Å². The maximum Gasteiger partial charge on any atom is 0.190 e. The predicted octanol–water partition coefficient (Wildman–Crippen LogP) is 1.46. The van der Waals surface area contributed by atoms with Gasteiger partial charge in [-0.1, -0.05) is 19.8 Å². The molecule has 0 unspecified atom stereocenters. The van der Waals surface area contributed by atoms with Crippen LogP contribution in [0, 0.1) is 5.92 Å². The minimum atomic E-state index is 0.435. The molecule has 1 rings (SSSR count). The molecular formula is C12H25N3O. The molecule has 1 saturated carbocycles. The Morgan fingerprint density at radius 3 is 2.69 bits per heavy atom. The molecule has 0 aromatic carbocycles. The highest BCUT2D eigenvalue weighted by Gasteiger charge is 2.21. The summed E-state index contributed by atoms with van der Waals surface area (Å²) in [5, 5.41) is 0. The zero-order valence-electron chi connectivity index (χ0n) is 10.8. The van der Waals surface area contributed by atoms with Gasteiger partial charge in [0.1, 0.15) is 0 Å². The van der Waals surface area contributed by atoms with Crippen molar-refractivity contribution in [2.24, 2.45) is 16.6 Å². The average Bonchev–Trinajstić information content (AvgIpc) is 2.26. The third kappa shape index (κ3) is 4.39. The highest BCUT2D eigenvalue weighted by atomic mass is 16.5. The van der Waals surface area contributed by atoms with E-state index in [1.165, 1.54) is 25.7 Å². The van der Waals surface area contributed by atoms with Gasteiger partial charge in [-0.3, -0.25) is 4.99 Å². The predicted molar refractivity (Wildman–Crippen MR) is 67.5 cm³/mol. The first-order valence-corrected chi connectivity index (χ1v) is 6.20. The van der Waals surface area contributed by atoms with E-state index in [1.54, 1.807) is 0 Å².